The number of benzene rings is 1. The fourth-order valence-corrected chi connectivity index (χ4v) is 2.80. The maximum atomic E-state index is 12.0. The molecule has 0 aliphatic heterocycles. The number of rotatable bonds is 7. The number of sulfonamides is 1. The number of nitrogens with two attached hydrogens (primary N) is 1. The van der Waals surface area contributed by atoms with Crippen LogP contribution in [0.25, 0.3) is 0 Å². The van der Waals surface area contributed by atoms with Crippen LogP contribution in [0.5, 0.6) is 0 Å². The molecule has 0 aliphatic rings. The Morgan fingerprint density at radius 3 is 2.45 bits per heavy atom. The molecule has 3 N–H and O–H groups in total. The molecule has 22 heavy (non-hydrogen) atoms. The van der Waals surface area contributed by atoms with E-state index in [1.807, 2.05) is 19.0 Å². The zero-order chi connectivity index (χ0) is 16.2. The summed E-state index contributed by atoms with van der Waals surface area (Å²) in [7, 11) is 1.16. The molecule has 0 radical (unpaired) electrons. The first kappa shape index (κ1) is 20.7. The van der Waals surface area contributed by atoms with Crippen LogP contribution in [0.2, 0.25) is 0 Å². The highest BCUT2D eigenvalue weighted by molar-refractivity contribution is 7.89. The quantitative estimate of drug-likeness (QED) is 0.423. The minimum atomic E-state index is -3.76. The fourth-order valence-electron chi connectivity index (χ4n) is 1.79. The molecule has 1 aromatic carbocycles. The van der Waals surface area contributed by atoms with Crippen molar-refractivity contribution in [2.75, 3.05) is 21.1 Å². The van der Waals surface area contributed by atoms with E-state index in [4.69, 9.17) is 5.73 Å². The molecule has 10 heteroatoms. The van der Waals surface area contributed by atoms with Gasteiger partial charge in [0.1, 0.15) is 0 Å². The summed E-state index contributed by atoms with van der Waals surface area (Å²) in [5.41, 5.74) is 6.13. The Bertz CT molecular complexity index is 622. The molecule has 1 unspecified atom stereocenters. The average Bonchev–Trinajstić information content (AvgIpc) is 2.44. The van der Waals surface area contributed by atoms with Gasteiger partial charge < -0.3 is 5.73 Å². The Morgan fingerprint density at radius 1 is 1.41 bits per heavy atom. The van der Waals surface area contributed by atoms with E-state index in [0.29, 0.717) is 18.4 Å². The minimum Gasteiger partial charge on any atom is -0.316 e. The second kappa shape index (κ2) is 8.39. The van der Waals surface area contributed by atoms with Gasteiger partial charge in [-0.15, -0.1) is 12.4 Å². The molecular formula is C12H21ClN4O4S. The number of hydrogen-bond donors (Lipinski definition) is 2. The summed E-state index contributed by atoms with van der Waals surface area (Å²) in [6, 6.07) is 3.83. The molecule has 0 heterocycles. The summed E-state index contributed by atoms with van der Waals surface area (Å²) in [6.07, 6.45) is 0.732. The number of nitro benzene ring substituents is 1. The maximum absolute atomic E-state index is 12.0. The van der Waals surface area contributed by atoms with Crippen molar-refractivity contribution in [1.29, 1.82) is 0 Å². The molecule has 0 amide bonds. The molecule has 0 fully saturated rings. The van der Waals surface area contributed by atoms with E-state index in [1.165, 1.54) is 19.2 Å². The summed E-state index contributed by atoms with van der Waals surface area (Å²) in [5.74, 6) is 0. The predicted octanol–water partition coefficient (Wildman–Crippen LogP) is 0.704. The number of nitrogens with one attached hydrogen (secondary N) is 1. The van der Waals surface area contributed by atoms with Crippen molar-refractivity contribution in [3.05, 3.63) is 33.9 Å². The Morgan fingerprint density at radius 2 is 2.00 bits per heavy atom. The van der Waals surface area contributed by atoms with Crippen LogP contribution in [0.3, 0.4) is 0 Å². The van der Waals surface area contributed by atoms with Crippen LogP contribution in [0.1, 0.15) is 12.0 Å². The van der Waals surface area contributed by atoms with Gasteiger partial charge in [-0.25, -0.2) is 13.1 Å². The first-order valence-corrected chi connectivity index (χ1v) is 7.80. The van der Waals surface area contributed by atoms with E-state index in [-0.39, 0.29) is 29.2 Å². The number of hydrogen-bond acceptors (Lipinski definition) is 6. The van der Waals surface area contributed by atoms with Gasteiger partial charge in [0.15, 0.2) is 0 Å². The molecule has 1 atom stereocenters. The maximum Gasteiger partial charge on any atom is 0.270 e. The van der Waals surface area contributed by atoms with Gasteiger partial charge in [0.05, 0.1) is 16.0 Å². The third kappa shape index (κ3) is 5.18. The average molecular weight is 353 g/mol. The van der Waals surface area contributed by atoms with Crippen LogP contribution in [0.4, 0.5) is 5.69 Å². The summed E-state index contributed by atoms with van der Waals surface area (Å²) >= 11 is 0. The summed E-state index contributed by atoms with van der Waals surface area (Å²) in [5, 5.41) is 10.8. The predicted molar refractivity (Wildman–Crippen MR) is 86.6 cm³/mol. The van der Waals surface area contributed by atoms with Gasteiger partial charge in [0.25, 0.3) is 5.69 Å². The smallest absolute Gasteiger partial charge is 0.270 e. The van der Waals surface area contributed by atoms with E-state index in [0.717, 1.165) is 6.07 Å². The first-order chi connectivity index (χ1) is 9.69. The molecule has 1 aromatic rings. The topological polar surface area (TPSA) is 119 Å². The van der Waals surface area contributed by atoms with Gasteiger partial charge in [0.2, 0.25) is 10.0 Å². The van der Waals surface area contributed by atoms with Gasteiger partial charge in [-0.2, -0.15) is 0 Å². The van der Waals surface area contributed by atoms with E-state index in [9.17, 15) is 18.5 Å². The highest BCUT2D eigenvalue weighted by Crippen LogP contribution is 2.23. The van der Waals surface area contributed by atoms with Crippen LogP contribution in [-0.4, -0.2) is 45.5 Å². The van der Waals surface area contributed by atoms with Crippen molar-refractivity contribution in [2.24, 2.45) is 5.73 Å². The molecule has 0 spiro atoms. The molecule has 126 valence electrons. The van der Waals surface area contributed by atoms with Gasteiger partial charge >= 0.3 is 0 Å². The number of nitro groups is 1. The highest BCUT2D eigenvalue weighted by Gasteiger charge is 2.21. The zero-order valence-corrected chi connectivity index (χ0v) is 14.3. The number of non-ortho nitro benzene ring substituents is 1. The van der Waals surface area contributed by atoms with Gasteiger partial charge in [-0.05, 0) is 39.5 Å². The summed E-state index contributed by atoms with van der Waals surface area (Å²) < 4.78 is 26.2. The standard InChI is InChI=1S/C12H20N4O4S.ClH/c1-14-21(19,20)11-8-10(16(17)18)6-4-9(11)5-7-12(13)15(2)3;/h4,6,8,12,14H,5,7,13H2,1-3H3;1H. The molecular weight excluding hydrogens is 332 g/mol. The summed E-state index contributed by atoms with van der Waals surface area (Å²) in [6.45, 7) is 0. The fraction of sp³-hybridized carbons (Fsp3) is 0.500. The Hall–Kier alpha value is -1.26. The second-order valence-corrected chi connectivity index (χ2v) is 6.68. The van der Waals surface area contributed by atoms with Crippen molar-refractivity contribution in [3.63, 3.8) is 0 Å². The van der Waals surface area contributed by atoms with E-state index < -0.39 is 14.9 Å². The monoisotopic (exact) mass is 352 g/mol. The normalized spacial score (nSPS) is 12.8. The van der Waals surface area contributed by atoms with Crippen molar-refractivity contribution in [1.82, 2.24) is 9.62 Å². The summed E-state index contributed by atoms with van der Waals surface area (Å²) in [4.78, 5) is 11.9. The largest absolute Gasteiger partial charge is 0.316 e. The van der Waals surface area contributed by atoms with Crippen LogP contribution >= 0.6 is 12.4 Å². The van der Waals surface area contributed by atoms with Crippen molar-refractivity contribution >= 4 is 28.1 Å². The molecule has 0 saturated carbocycles. The van der Waals surface area contributed by atoms with Gasteiger partial charge in [-0.1, -0.05) is 6.07 Å². The van der Waals surface area contributed by atoms with Crippen molar-refractivity contribution in [2.45, 2.75) is 23.9 Å². The lowest BCUT2D eigenvalue weighted by molar-refractivity contribution is -0.385. The third-order valence-corrected chi connectivity index (χ3v) is 4.69. The molecule has 8 nitrogen and oxygen atoms in total. The van der Waals surface area contributed by atoms with E-state index >= 15 is 0 Å². The Kier molecular flexibility index (Phi) is 7.91. The Balaban J connectivity index is 0.00000441. The highest BCUT2D eigenvalue weighted by atomic mass is 35.5. The van der Waals surface area contributed by atoms with E-state index in [1.54, 1.807) is 0 Å². The number of nitrogens with zero attached hydrogens (tertiary/aromatic N) is 2. The minimum absolute atomic E-state index is 0. The van der Waals surface area contributed by atoms with E-state index in [2.05, 4.69) is 4.72 Å². The zero-order valence-electron chi connectivity index (χ0n) is 12.6. The van der Waals surface area contributed by atoms with Crippen molar-refractivity contribution in [3.8, 4) is 0 Å². The number of aryl methyl sites for hydroxylation is 1. The van der Waals surface area contributed by atoms with Crippen LogP contribution < -0.4 is 10.5 Å². The molecule has 0 aliphatic carbocycles. The van der Waals surface area contributed by atoms with Crippen LogP contribution in [0.15, 0.2) is 23.1 Å². The lowest BCUT2D eigenvalue weighted by Crippen LogP contribution is -2.36. The lowest BCUT2D eigenvalue weighted by atomic mass is 10.1. The molecule has 0 saturated heterocycles. The third-order valence-electron chi connectivity index (χ3n) is 3.19. The van der Waals surface area contributed by atoms with Crippen LogP contribution in [0, 0.1) is 10.1 Å². The Labute approximate surface area is 136 Å². The van der Waals surface area contributed by atoms with Crippen LogP contribution in [-0.2, 0) is 16.4 Å². The lowest BCUT2D eigenvalue weighted by Gasteiger charge is -2.20. The molecule has 1 rings (SSSR count). The van der Waals surface area contributed by atoms with Gasteiger partial charge in [0, 0.05) is 12.1 Å². The van der Waals surface area contributed by atoms with Gasteiger partial charge in [-0.3, -0.25) is 15.0 Å². The van der Waals surface area contributed by atoms with Crippen molar-refractivity contribution < 1.29 is 13.3 Å². The molecule has 0 bridgehead atoms. The number of halogens is 1. The SMILES string of the molecule is CNS(=O)(=O)c1cc([N+](=O)[O-])ccc1CCC(N)N(C)C.Cl. The molecule has 0 aromatic heterocycles. The second-order valence-electron chi connectivity index (χ2n) is 4.83. The first-order valence-electron chi connectivity index (χ1n) is 6.32.